The Labute approximate surface area is 107 Å². The van der Waals surface area contributed by atoms with Crippen LogP contribution < -0.4 is 5.32 Å². The number of amidine groups is 1. The summed E-state index contributed by atoms with van der Waals surface area (Å²) < 4.78 is 0. The minimum atomic E-state index is 0.216. The SMILES string of the molecule is CCC1(C)CCSC(=NCc2ccccn2)N1. The number of aliphatic imine (C=N–C) groups is 1. The minimum absolute atomic E-state index is 0.216. The van der Waals surface area contributed by atoms with Crippen molar-refractivity contribution < 1.29 is 0 Å². The molecule has 0 spiro atoms. The lowest BCUT2D eigenvalue weighted by Crippen LogP contribution is -2.48. The molecule has 2 heterocycles. The van der Waals surface area contributed by atoms with Gasteiger partial charge in [-0.05, 0) is 31.9 Å². The van der Waals surface area contributed by atoms with Gasteiger partial charge in [-0.2, -0.15) is 0 Å². The maximum absolute atomic E-state index is 4.60. The Morgan fingerprint density at radius 2 is 2.41 bits per heavy atom. The van der Waals surface area contributed by atoms with Crippen molar-refractivity contribution in [1.82, 2.24) is 10.3 Å². The standard InChI is InChI=1S/C13H19N3S/c1-3-13(2)7-9-17-12(16-13)15-10-11-6-4-5-8-14-11/h4-6,8H,3,7,9-10H2,1-2H3,(H,15,16). The average molecular weight is 249 g/mol. The van der Waals surface area contributed by atoms with Crippen LogP contribution in [-0.2, 0) is 6.54 Å². The first-order valence-corrected chi connectivity index (χ1v) is 7.06. The molecular formula is C13H19N3S. The number of hydrogen-bond acceptors (Lipinski definition) is 3. The second-order valence-corrected chi connectivity index (χ2v) is 5.66. The number of nitrogens with one attached hydrogen (secondary N) is 1. The molecule has 1 N–H and O–H groups in total. The van der Waals surface area contributed by atoms with Crippen molar-refractivity contribution in [1.29, 1.82) is 0 Å². The van der Waals surface area contributed by atoms with Gasteiger partial charge in [-0.1, -0.05) is 24.8 Å². The molecule has 0 saturated carbocycles. The van der Waals surface area contributed by atoms with Crippen molar-refractivity contribution >= 4 is 16.9 Å². The summed E-state index contributed by atoms with van der Waals surface area (Å²) in [6, 6.07) is 5.94. The van der Waals surface area contributed by atoms with E-state index >= 15 is 0 Å². The summed E-state index contributed by atoms with van der Waals surface area (Å²) in [7, 11) is 0. The van der Waals surface area contributed by atoms with Crippen LogP contribution >= 0.6 is 11.8 Å². The monoisotopic (exact) mass is 249 g/mol. The topological polar surface area (TPSA) is 37.3 Å². The zero-order valence-corrected chi connectivity index (χ0v) is 11.3. The van der Waals surface area contributed by atoms with Crippen molar-refractivity contribution in [2.45, 2.75) is 38.8 Å². The maximum Gasteiger partial charge on any atom is 0.157 e. The quantitative estimate of drug-likeness (QED) is 0.895. The van der Waals surface area contributed by atoms with E-state index in [0.717, 1.165) is 23.0 Å². The largest absolute Gasteiger partial charge is 0.360 e. The van der Waals surface area contributed by atoms with Crippen LogP contribution in [0.3, 0.4) is 0 Å². The summed E-state index contributed by atoms with van der Waals surface area (Å²) in [5, 5.41) is 4.60. The zero-order chi connectivity index (χ0) is 12.1. The highest BCUT2D eigenvalue weighted by molar-refractivity contribution is 8.13. The van der Waals surface area contributed by atoms with Crippen molar-refractivity contribution in [2.75, 3.05) is 5.75 Å². The third-order valence-electron chi connectivity index (χ3n) is 3.19. The van der Waals surface area contributed by atoms with Crippen LogP contribution in [0.2, 0.25) is 0 Å². The Bertz CT molecular complexity index is 391. The average Bonchev–Trinajstić information content (AvgIpc) is 2.38. The van der Waals surface area contributed by atoms with Crippen LogP contribution in [0.4, 0.5) is 0 Å². The van der Waals surface area contributed by atoms with Crippen LogP contribution in [0.25, 0.3) is 0 Å². The number of hydrogen-bond donors (Lipinski definition) is 1. The van der Waals surface area contributed by atoms with Crippen LogP contribution in [0, 0.1) is 0 Å². The Morgan fingerprint density at radius 1 is 1.53 bits per heavy atom. The highest BCUT2D eigenvalue weighted by Gasteiger charge is 2.27. The van der Waals surface area contributed by atoms with E-state index in [2.05, 4.69) is 29.1 Å². The molecule has 1 atom stereocenters. The van der Waals surface area contributed by atoms with Gasteiger partial charge >= 0.3 is 0 Å². The van der Waals surface area contributed by atoms with Gasteiger partial charge in [-0.3, -0.25) is 9.98 Å². The van der Waals surface area contributed by atoms with E-state index in [4.69, 9.17) is 0 Å². The van der Waals surface area contributed by atoms with Crippen LogP contribution in [0.15, 0.2) is 29.4 Å². The van der Waals surface area contributed by atoms with E-state index in [1.54, 1.807) is 0 Å². The first-order valence-electron chi connectivity index (χ1n) is 6.07. The highest BCUT2D eigenvalue weighted by atomic mass is 32.2. The smallest absolute Gasteiger partial charge is 0.157 e. The van der Waals surface area contributed by atoms with Crippen molar-refractivity contribution in [2.24, 2.45) is 4.99 Å². The molecule has 0 aromatic carbocycles. The first-order chi connectivity index (χ1) is 8.22. The summed E-state index contributed by atoms with van der Waals surface area (Å²) in [6.45, 7) is 5.15. The lowest BCUT2D eigenvalue weighted by Gasteiger charge is -2.35. The molecule has 1 unspecified atom stereocenters. The molecule has 1 aliphatic rings. The normalized spacial score (nSPS) is 26.8. The molecular weight excluding hydrogens is 230 g/mol. The van der Waals surface area contributed by atoms with Gasteiger partial charge in [0.05, 0.1) is 12.2 Å². The van der Waals surface area contributed by atoms with Crippen molar-refractivity contribution in [3.63, 3.8) is 0 Å². The van der Waals surface area contributed by atoms with Gasteiger partial charge in [-0.25, -0.2) is 0 Å². The summed E-state index contributed by atoms with van der Waals surface area (Å²) in [5.41, 5.74) is 1.24. The Morgan fingerprint density at radius 3 is 3.12 bits per heavy atom. The third kappa shape index (κ3) is 3.46. The second-order valence-electron chi connectivity index (χ2n) is 4.58. The molecule has 1 aliphatic heterocycles. The van der Waals surface area contributed by atoms with E-state index in [-0.39, 0.29) is 5.54 Å². The number of aromatic nitrogens is 1. The number of pyridine rings is 1. The predicted molar refractivity (Wildman–Crippen MR) is 74.3 cm³/mol. The van der Waals surface area contributed by atoms with Gasteiger partial charge < -0.3 is 5.32 Å². The number of thioether (sulfide) groups is 1. The molecule has 1 fully saturated rings. The molecule has 92 valence electrons. The fourth-order valence-electron chi connectivity index (χ4n) is 1.72. The number of rotatable bonds is 3. The molecule has 2 rings (SSSR count). The molecule has 3 nitrogen and oxygen atoms in total. The lowest BCUT2D eigenvalue weighted by molar-refractivity contribution is 0.390. The number of nitrogens with zero attached hydrogens (tertiary/aromatic N) is 2. The molecule has 0 bridgehead atoms. The highest BCUT2D eigenvalue weighted by Crippen LogP contribution is 2.24. The molecule has 4 heteroatoms. The fourth-order valence-corrected chi connectivity index (χ4v) is 2.94. The molecule has 0 amide bonds. The Balaban J connectivity index is 1.98. The summed E-state index contributed by atoms with van der Waals surface area (Å²) >= 11 is 1.81. The van der Waals surface area contributed by atoms with E-state index < -0.39 is 0 Å². The van der Waals surface area contributed by atoms with Crippen LogP contribution in [-0.4, -0.2) is 21.4 Å². The van der Waals surface area contributed by atoms with Gasteiger partial charge in [0.25, 0.3) is 0 Å². The molecule has 0 aliphatic carbocycles. The van der Waals surface area contributed by atoms with E-state index in [1.807, 2.05) is 36.2 Å². The summed E-state index contributed by atoms with van der Waals surface area (Å²) in [5.74, 6) is 1.15. The van der Waals surface area contributed by atoms with E-state index in [1.165, 1.54) is 6.42 Å². The van der Waals surface area contributed by atoms with Gasteiger partial charge in [0.15, 0.2) is 5.17 Å². The van der Waals surface area contributed by atoms with Crippen LogP contribution in [0.1, 0.15) is 32.4 Å². The van der Waals surface area contributed by atoms with Gasteiger partial charge in [0.2, 0.25) is 0 Å². The maximum atomic E-state index is 4.60. The fraction of sp³-hybridized carbons (Fsp3) is 0.538. The third-order valence-corrected chi connectivity index (χ3v) is 4.11. The molecule has 17 heavy (non-hydrogen) atoms. The Hall–Kier alpha value is -1.03. The van der Waals surface area contributed by atoms with Crippen molar-refractivity contribution in [3.8, 4) is 0 Å². The minimum Gasteiger partial charge on any atom is -0.360 e. The predicted octanol–water partition coefficient (Wildman–Crippen LogP) is 2.83. The first kappa shape index (κ1) is 12.4. The van der Waals surface area contributed by atoms with Gasteiger partial charge in [0.1, 0.15) is 0 Å². The molecule has 0 radical (unpaired) electrons. The molecule has 1 aromatic rings. The molecule has 1 aromatic heterocycles. The lowest BCUT2D eigenvalue weighted by atomic mass is 9.96. The van der Waals surface area contributed by atoms with Crippen LogP contribution in [0.5, 0.6) is 0 Å². The van der Waals surface area contributed by atoms with E-state index in [0.29, 0.717) is 6.54 Å². The van der Waals surface area contributed by atoms with E-state index in [9.17, 15) is 0 Å². The van der Waals surface area contributed by atoms with Gasteiger partial charge in [0, 0.05) is 17.5 Å². The van der Waals surface area contributed by atoms with Crippen molar-refractivity contribution in [3.05, 3.63) is 30.1 Å². The summed E-state index contributed by atoms with van der Waals surface area (Å²) in [6.07, 6.45) is 4.15. The zero-order valence-electron chi connectivity index (χ0n) is 10.4. The summed E-state index contributed by atoms with van der Waals surface area (Å²) in [4.78, 5) is 8.88. The second kappa shape index (κ2) is 5.54. The molecule has 1 saturated heterocycles. The van der Waals surface area contributed by atoms with Gasteiger partial charge in [-0.15, -0.1) is 0 Å². The Kier molecular flexibility index (Phi) is 4.05.